The van der Waals surface area contributed by atoms with E-state index in [0.29, 0.717) is 12.0 Å². The van der Waals surface area contributed by atoms with Gasteiger partial charge in [-0.15, -0.1) is 0 Å². The number of rotatable bonds is 5. The molecule has 1 unspecified atom stereocenters. The average Bonchev–Trinajstić information content (AvgIpc) is 3.37. The molecule has 34 heavy (non-hydrogen) atoms. The highest BCUT2D eigenvalue weighted by Gasteiger charge is 2.45. The molecular formula is C27H20F2N2O3. The van der Waals surface area contributed by atoms with Crippen LogP contribution in [-0.4, -0.2) is 33.2 Å². The summed E-state index contributed by atoms with van der Waals surface area (Å²) in [7, 11) is 0. The molecule has 1 saturated heterocycles. The number of hydrogen-bond donors (Lipinski definition) is 2. The van der Waals surface area contributed by atoms with Crippen molar-refractivity contribution in [2.45, 2.75) is 12.5 Å². The van der Waals surface area contributed by atoms with Crippen molar-refractivity contribution < 1.29 is 23.5 Å². The van der Waals surface area contributed by atoms with Gasteiger partial charge in [0.05, 0.1) is 11.6 Å². The quantitative estimate of drug-likeness (QED) is 0.248. The Labute approximate surface area is 194 Å². The molecule has 1 aromatic heterocycles. The predicted molar refractivity (Wildman–Crippen MR) is 124 cm³/mol. The van der Waals surface area contributed by atoms with E-state index in [4.69, 9.17) is 0 Å². The number of nitrogens with zero attached hydrogens (tertiary/aromatic N) is 1. The Bertz CT molecular complexity index is 1420. The molecular weight excluding hydrogens is 438 g/mol. The first kappa shape index (κ1) is 21.6. The highest BCUT2D eigenvalue weighted by atomic mass is 19.1. The fourth-order valence-electron chi connectivity index (χ4n) is 4.44. The van der Waals surface area contributed by atoms with Crippen LogP contribution in [0.15, 0.2) is 84.6 Å². The van der Waals surface area contributed by atoms with Gasteiger partial charge in [0.15, 0.2) is 0 Å². The van der Waals surface area contributed by atoms with E-state index in [9.17, 15) is 23.5 Å². The van der Waals surface area contributed by atoms with Gasteiger partial charge < -0.3 is 15.0 Å². The summed E-state index contributed by atoms with van der Waals surface area (Å²) in [6.45, 7) is 0.203. The van der Waals surface area contributed by atoms with Crippen molar-refractivity contribution in [3.05, 3.63) is 113 Å². The van der Waals surface area contributed by atoms with E-state index in [0.717, 1.165) is 28.6 Å². The van der Waals surface area contributed by atoms with Crippen LogP contribution in [0, 0.1) is 11.6 Å². The van der Waals surface area contributed by atoms with Gasteiger partial charge in [0.2, 0.25) is 0 Å². The van der Waals surface area contributed by atoms with Crippen molar-refractivity contribution >= 4 is 28.4 Å². The second-order valence-corrected chi connectivity index (χ2v) is 8.16. The summed E-state index contributed by atoms with van der Waals surface area (Å²) in [4.78, 5) is 30.7. The molecule has 5 rings (SSSR count). The normalized spacial score (nSPS) is 17.6. The summed E-state index contributed by atoms with van der Waals surface area (Å²) in [5.41, 5.74) is 2.54. The zero-order valence-corrected chi connectivity index (χ0v) is 18.0. The number of para-hydroxylation sites is 1. The largest absolute Gasteiger partial charge is 0.507 e. The van der Waals surface area contributed by atoms with Crippen molar-refractivity contribution in [1.29, 1.82) is 0 Å². The first-order chi connectivity index (χ1) is 16.4. The van der Waals surface area contributed by atoms with Crippen LogP contribution in [0.1, 0.15) is 22.7 Å². The lowest BCUT2D eigenvalue weighted by Gasteiger charge is -2.25. The summed E-state index contributed by atoms with van der Waals surface area (Å²) < 4.78 is 27.0. The maximum Gasteiger partial charge on any atom is 0.295 e. The number of hydrogen-bond acceptors (Lipinski definition) is 3. The summed E-state index contributed by atoms with van der Waals surface area (Å²) in [5.74, 6) is -2.95. The molecule has 1 fully saturated rings. The highest BCUT2D eigenvalue weighted by Crippen LogP contribution is 2.39. The molecule has 7 heteroatoms. The number of H-pyrrole nitrogens is 1. The Kier molecular flexibility index (Phi) is 5.45. The standard InChI is InChI=1S/C27H20F2N2O3/c28-19-9-5-16(6-10-19)24-23(25(32)17-7-11-20(29)12-8-17)26(33)27(34)31(24)14-13-18-15-30-22-4-2-1-3-21(18)22/h1-12,15,24,30,32H,13-14H2/b25-23-. The highest BCUT2D eigenvalue weighted by molar-refractivity contribution is 6.46. The molecule has 0 saturated carbocycles. The number of aromatic nitrogens is 1. The van der Waals surface area contributed by atoms with Gasteiger partial charge in [0, 0.05) is 29.2 Å². The van der Waals surface area contributed by atoms with Crippen LogP contribution in [0.25, 0.3) is 16.7 Å². The topological polar surface area (TPSA) is 73.4 Å². The molecule has 0 radical (unpaired) electrons. The van der Waals surface area contributed by atoms with E-state index < -0.39 is 35.1 Å². The molecule has 1 aliphatic heterocycles. The number of nitrogens with one attached hydrogen (secondary N) is 1. The molecule has 0 aliphatic carbocycles. The van der Waals surface area contributed by atoms with E-state index in [1.165, 1.54) is 41.3 Å². The lowest BCUT2D eigenvalue weighted by Crippen LogP contribution is -2.31. The molecule has 1 amide bonds. The third-order valence-corrected chi connectivity index (χ3v) is 6.14. The molecule has 4 aromatic rings. The number of ketones is 1. The molecule has 0 bridgehead atoms. The number of Topliss-reactive ketones (excluding diaryl/α,β-unsaturated/α-hetero) is 1. The van der Waals surface area contributed by atoms with Gasteiger partial charge in [0.25, 0.3) is 11.7 Å². The molecule has 170 valence electrons. The fraction of sp³-hybridized carbons (Fsp3) is 0.111. The number of carbonyl (C=O) groups excluding carboxylic acids is 2. The molecule has 2 N–H and O–H groups in total. The lowest BCUT2D eigenvalue weighted by atomic mass is 9.95. The SMILES string of the molecule is O=C1C(=O)N(CCc2c[nH]c3ccccc23)C(c2ccc(F)cc2)/C1=C(/O)c1ccc(F)cc1. The number of benzene rings is 3. The van der Waals surface area contributed by atoms with Crippen LogP contribution in [0.3, 0.4) is 0 Å². The number of likely N-dealkylation sites (tertiary alicyclic amines) is 1. The van der Waals surface area contributed by atoms with Gasteiger partial charge in [0.1, 0.15) is 17.4 Å². The minimum Gasteiger partial charge on any atom is -0.507 e. The number of amides is 1. The number of aromatic amines is 1. The summed E-state index contributed by atoms with van der Waals surface area (Å²) in [6, 6.07) is 17.3. The van der Waals surface area contributed by atoms with E-state index in [-0.39, 0.29) is 17.7 Å². The van der Waals surface area contributed by atoms with Gasteiger partial charge in [-0.05, 0) is 60.0 Å². The average molecular weight is 458 g/mol. The monoisotopic (exact) mass is 458 g/mol. The van der Waals surface area contributed by atoms with E-state index in [2.05, 4.69) is 4.98 Å². The summed E-state index contributed by atoms with van der Waals surface area (Å²) in [5, 5.41) is 12.0. The molecule has 2 heterocycles. The molecule has 5 nitrogen and oxygen atoms in total. The van der Waals surface area contributed by atoms with Gasteiger partial charge in [-0.3, -0.25) is 9.59 Å². The number of aliphatic hydroxyl groups excluding tert-OH is 1. The first-order valence-corrected chi connectivity index (χ1v) is 10.8. The molecule has 3 aromatic carbocycles. The van der Waals surface area contributed by atoms with Crippen LogP contribution >= 0.6 is 0 Å². The number of aliphatic hydroxyl groups is 1. The van der Waals surface area contributed by atoms with Gasteiger partial charge in [-0.2, -0.15) is 0 Å². The summed E-state index contributed by atoms with van der Waals surface area (Å²) in [6.07, 6.45) is 2.33. The maximum absolute atomic E-state index is 13.6. The van der Waals surface area contributed by atoms with Gasteiger partial charge in [-0.25, -0.2) is 8.78 Å². The van der Waals surface area contributed by atoms with Crippen molar-refractivity contribution in [1.82, 2.24) is 9.88 Å². The van der Waals surface area contributed by atoms with E-state index >= 15 is 0 Å². The number of halogens is 2. The van der Waals surface area contributed by atoms with Crippen LogP contribution < -0.4 is 0 Å². The minimum absolute atomic E-state index is 0.109. The zero-order chi connectivity index (χ0) is 23.8. The Morgan fingerprint density at radius 3 is 2.26 bits per heavy atom. The maximum atomic E-state index is 13.6. The van der Waals surface area contributed by atoms with Crippen molar-refractivity contribution in [2.75, 3.05) is 6.54 Å². The predicted octanol–water partition coefficient (Wildman–Crippen LogP) is 5.11. The van der Waals surface area contributed by atoms with Crippen molar-refractivity contribution in [3.63, 3.8) is 0 Å². The van der Waals surface area contributed by atoms with E-state index in [1.54, 1.807) is 0 Å². The van der Waals surface area contributed by atoms with Crippen LogP contribution in [0.5, 0.6) is 0 Å². The van der Waals surface area contributed by atoms with Gasteiger partial charge in [-0.1, -0.05) is 30.3 Å². The third-order valence-electron chi connectivity index (χ3n) is 6.14. The first-order valence-electron chi connectivity index (χ1n) is 10.8. The fourth-order valence-corrected chi connectivity index (χ4v) is 4.44. The Morgan fingerprint density at radius 1 is 0.912 bits per heavy atom. The molecule has 1 aliphatic rings. The number of fused-ring (bicyclic) bond motifs is 1. The van der Waals surface area contributed by atoms with Crippen LogP contribution in [0.4, 0.5) is 8.78 Å². The van der Waals surface area contributed by atoms with Crippen LogP contribution in [-0.2, 0) is 16.0 Å². The Balaban J connectivity index is 1.56. The zero-order valence-electron chi connectivity index (χ0n) is 18.0. The summed E-state index contributed by atoms with van der Waals surface area (Å²) >= 11 is 0. The second-order valence-electron chi connectivity index (χ2n) is 8.16. The van der Waals surface area contributed by atoms with Crippen LogP contribution in [0.2, 0.25) is 0 Å². The van der Waals surface area contributed by atoms with Gasteiger partial charge >= 0.3 is 0 Å². The lowest BCUT2D eigenvalue weighted by molar-refractivity contribution is -0.139. The molecule has 0 spiro atoms. The second kappa shape index (κ2) is 8.59. The van der Waals surface area contributed by atoms with E-state index in [1.807, 2.05) is 30.5 Å². The minimum atomic E-state index is -0.907. The number of carbonyl (C=O) groups is 2. The molecule has 1 atom stereocenters. The van der Waals surface area contributed by atoms with Crippen molar-refractivity contribution in [3.8, 4) is 0 Å². The Hall–Kier alpha value is -4.26. The Morgan fingerprint density at radius 2 is 1.56 bits per heavy atom. The smallest absolute Gasteiger partial charge is 0.295 e. The van der Waals surface area contributed by atoms with Crippen molar-refractivity contribution in [2.24, 2.45) is 0 Å². The third kappa shape index (κ3) is 3.75.